The highest BCUT2D eigenvalue weighted by Gasteiger charge is 2.41. The fourth-order valence-corrected chi connectivity index (χ4v) is 5.61. The van der Waals surface area contributed by atoms with Gasteiger partial charge in [-0.3, -0.25) is 19.1 Å². The van der Waals surface area contributed by atoms with E-state index in [1.54, 1.807) is 23.4 Å². The van der Waals surface area contributed by atoms with Gasteiger partial charge in [-0.15, -0.1) is 0 Å². The molecule has 9 heteroatoms. The second kappa shape index (κ2) is 9.53. The van der Waals surface area contributed by atoms with Gasteiger partial charge in [0, 0.05) is 42.5 Å². The molecule has 2 aliphatic rings. The lowest BCUT2D eigenvalue weighted by Gasteiger charge is -2.45. The number of nitrogens with one attached hydrogen (secondary N) is 1. The summed E-state index contributed by atoms with van der Waals surface area (Å²) in [4.78, 5) is 41.8. The lowest BCUT2D eigenvalue weighted by molar-refractivity contribution is 0.0142. The molecule has 1 aliphatic carbocycles. The first-order valence-electron chi connectivity index (χ1n) is 12.9. The van der Waals surface area contributed by atoms with Crippen LogP contribution in [0, 0.1) is 11.8 Å². The summed E-state index contributed by atoms with van der Waals surface area (Å²) >= 11 is 0. The van der Waals surface area contributed by atoms with E-state index in [2.05, 4.69) is 27.2 Å². The zero-order valence-electron chi connectivity index (χ0n) is 20.7. The Labute approximate surface area is 213 Å². The molecule has 190 valence electrons. The van der Waals surface area contributed by atoms with Crippen LogP contribution in [0.5, 0.6) is 0 Å². The zero-order chi connectivity index (χ0) is 25.5. The number of aromatic nitrogens is 5. The summed E-state index contributed by atoms with van der Waals surface area (Å²) < 4.78 is 14.5. The third-order valence-electron chi connectivity index (χ3n) is 7.93. The van der Waals surface area contributed by atoms with Crippen LogP contribution in [0.1, 0.15) is 48.5 Å². The first kappa shape index (κ1) is 23.5. The monoisotopic (exact) mass is 500 g/mol. The Hall–Kier alpha value is -3.88. The highest BCUT2D eigenvalue weighted by molar-refractivity contribution is 6.05. The number of amides is 1. The Morgan fingerprint density at radius 2 is 1.86 bits per heavy atom. The molecule has 0 unspecified atom stereocenters. The van der Waals surface area contributed by atoms with E-state index >= 15 is 0 Å². The number of nitrogens with zero attached hydrogens (tertiary/aromatic N) is 5. The molecule has 1 saturated heterocycles. The van der Waals surface area contributed by atoms with Crippen molar-refractivity contribution in [3.8, 4) is 22.8 Å². The molecule has 1 amide bonds. The van der Waals surface area contributed by atoms with E-state index in [0.29, 0.717) is 17.9 Å². The summed E-state index contributed by atoms with van der Waals surface area (Å²) in [5.41, 5.74) is 2.97. The van der Waals surface area contributed by atoms with Gasteiger partial charge < -0.3 is 4.90 Å². The van der Waals surface area contributed by atoms with E-state index in [-0.39, 0.29) is 40.5 Å². The molecular formula is C28H29FN6O2. The third-order valence-corrected chi connectivity index (χ3v) is 7.93. The first-order valence-corrected chi connectivity index (χ1v) is 12.9. The topological polar surface area (TPSA) is 96.3 Å². The van der Waals surface area contributed by atoms with E-state index in [9.17, 15) is 14.0 Å². The maximum atomic E-state index is 13.7. The minimum absolute atomic E-state index is 0.195. The number of benzene rings is 1. The molecule has 1 N–H and O–H groups in total. The van der Waals surface area contributed by atoms with Gasteiger partial charge in [0.2, 0.25) is 0 Å². The number of hydrogen-bond acceptors (Lipinski definition) is 5. The van der Waals surface area contributed by atoms with Gasteiger partial charge in [-0.05, 0) is 30.9 Å². The van der Waals surface area contributed by atoms with Gasteiger partial charge in [0.1, 0.15) is 11.3 Å². The van der Waals surface area contributed by atoms with E-state index in [1.165, 1.54) is 41.8 Å². The van der Waals surface area contributed by atoms with Gasteiger partial charge in [-0.1, -0.05) is 49.9 Å². The average Bonchev–Trinajstić information content (AvgIpc) is 3.57. The molecule has 37 heavy (non-hydrogen) atoms. The highest BCUT2D eigenvalue weighted by Crippen LogP contribution is 2.32. The maximum absolute atomic E-state index is 13.7. The average molecular weight is 501 g/mol. The third kappa shape index (κ3) is 4.22. The van der Waals surface area contributed by atoms with Crippen molar-refractivity contribution < 1.29 is 9.18 Å². The molecule has 0 radical (unpaired) electrons. The SMILES string of the molecule is C[C@@H]1[C@H](CF)CN1C(=O)c1c(-c2ncccn2)[nH]n2c(=O)cc(-c3ccc(CC4CCCC4)cc3)nc12. The number of likely N-dealkylation sites (tertiary alicyclic amines) is 1. The first-order chi connectivity index (χ1) is 18.0. The molecule has 2 atom stereocenters. The quantitative estimate of drug-likeness (QED) is 0.426. The molecule has 1 aromatic carbocycles. The molecule has 0 bridgehead atoms. The number of carbonyl (C=O) groups excluding carboxylic acids is 1. The largest absolute Gasteiger partial charge is 0.335 e. The van der Waals surface area contributed by atoms with Crippen molar-refractivity contribution in [3.63, 3.8) is 0 Å². The minimum Gasteiger partial charge on any atom is -0.335 e. The van der Waals surface area contributed by atoms with Crippen LogP contribution in [0.25, 0.3) is 28.4 Å². The van der Waals surface area contributed by atoms with Gasteiger partial charge in [-0.25, -0.2) is 19.5 Å². The van der Waals surface area contributed by atoms with Crippen molar-refractivity contribution in [2.75, 3.05) is 13.2 Å². The van der Waals surface area contributed by atoms with Crippen LogP contribution in [-0.4, -0.2) is 54.6 Å². The fraction of sp³-hybridized carbons (Fsp3) is 0.393. The van der Waals surface area contributed by atoms with Crippen molar-refractivity contribution in [2.45, 2.75) is 45.1 Å². The van der Waals surface area contributed by atoms with Crippen LogP contribution < -0.4 is 5.56 Å². The number of fused-ring (bicyclic) bond motifs is 1. The Kier molecular flexibility index (Phi) is 6.06. The second-order valence-electron chi connectivity index (χ2n) is 10.2. The molecule has 1 aliphatic heterocycles. The predicted molar refractivity (Wildman–Crippen MR) is 138 cm³/mol. The van der Waals surface area contributed by atoms with Crippen LogP contribution in [0.15, 0.2) is 53.6 Å². The lowest BCUT2D eigenvalue weighted by Crippen LogP contribution is -2.58. The number of halogens is 1. The van der Waals surface area contributed by atoms with Crippen molar-refractivity contribution in [1.82, 2.24) is 29.5 Å². The van der Waals surface area contributed by atoms with Gasteiger partial charge in [0.15, 0.2) is 11.5 Å². The molecule has 3 aromatic heterocycles. The van der Waals surface area contributed by atoms with Crippen LogP contribution in [0.3, 0.4) is 0 Å². The smallest absolute Gasteiger partial charge is 0.273 e. The van der Waals surface area contributed by atoms with Gasteiger partial charge in [-0.2, -0.15) is 0 Å². The number of carbonyl (C=O) groups is 1. The van der Waals surface area contributed by atoms with E-state index < -0.39 is 6.67 Å². The van der Waals surface area contributed by atoms with Crippen molar-refractivity contribution in [2.24, 2.45) is 11.8 Å². The Bertz CT molecular complexity index is 1490. The summed E-state index contributed by atoms with van der Waals surface area (Å²) in [6.45, 7) is 1.67. The molecule has 0 spiro atoms. The minimum atomic E-state index is -0.480. The Morgan fingerprint density at radius 3 is 2.54 bits per heavy atom. The molecular weight excluding hydrogens is 471 g/mol. The Morgan fingerprint density at radius 1 is 1.14 bits per heavy atom. The van der Waals surface area contributed by atoms with E-state index in [0.717, 1.165) is 17.9 Å². The number of aromatic amines is 1. The normalized spacial score (nSPS) is 19.9. The summed E-state index contributed by atoms with van der Waals surface area (Å²) in [7, 11) is 0. The van der Waals surface area contributed by atoms with Gasteiger partial charge in [0.25, 0.3) is 11.5 Å². The highest BCUT2D eigenvalue weighted by atomic mass is 19.1. The van der Waals surface area contributed by atoms with Crippen LogP contribution in [-0.2, 0) is 6.42 Å². The van der Waals surface area contributed by atoms with Crippen molar-refractivity contribution in [3.05, 3.63) is 70.3 Å². The molecule has 4 heterocycles. The summed E-state index contributed by atoms with van der Waals surface area (Å²) in [6.07, 6.45) is 9.42. The lowest BCUT2D eigenvalue weighted by atomic mass is 9.90. The molecule has 8 nitrogen and oxygen atoms in total. The predicted octanol–water partition coefficient (Wildman–Crippen LogP) is 4.31. The van der Waals surface area contributed by atoms with Crippen LogP contribution >= 0.6 is 0 Å². The van der Waals surface area contributed by atoms with Crippen molar-refractivity contribution >= 4 is 11.6 Å². The van der Waals surface area contributed by atoms with Crippen molar-refractivity contribution in [1.29, 1.82) is 0 Å². The van der Waals surface area contributed by atoms with E-state index in [1.807, 2.05) is 19.1 Å². The van der Waals surface area contributed by atoms with Gasteiger partial charge in [0.05, 0.1) is 12.4 Å². The zero-order valence-corrected chi connectivity index (χ0v) is 20.7. The van der Waals surface area contributed by atoms with Crippen LogP contribution in [0.4, 0.5) is 4.39 Å². The summed E-state index contributed by atoms with van der Waals surface area (Å²) in [6, 6.07) is 11.1. The second-order valence-corrected chi connectivity index (χ2v) is 10.2. The molecule has 1 saturated carbocycles. The maximum Gasteiger partial charge on any atom is 0.273 e. The van der Waals surface area contributed by atoms with E-state index in [4.69, 9.17) is 4.98 Å². The van der Waals surface area contributed by atoms with Crippen LogP contribution in [0.2, 0.25) is 0 Å². The molecule has 6 rings (SSSR count). The Balaban J connectivity index is 1.42. The molecule has 4 aromatic rings. The summed E-state index contributed by atoms with van der Waals surface area (Å²) in [5, 5.41) is 3.00. The number of H-pyrrole nitrogens is 1. The number of rotatable bonds is 6. The summed E-state index contributed by atoms with van der Waals surface area (Å²) in [5.74, 6) is 0.510. The van der Waals surface area contributed by atoms with Gasteiger partial charge >= 0.3 is 0 Å². The standard InChI is InChI=1S/C28H29FN6O2/c1-17-21(15-29)16-34(17)28(37)24-25(26-30-11-4-12-31-26)33-35-23(36)14-22(32-27(24)35)20-9-7-19(8-10-20)13-18-5-2-3-6-18/h4,7-12,14,17-18,21,33H,2-3,5-6,13,15-16H2,1H3/t17-,21-/m1/s1. The number of alkyl halides is 1. The number of hydrogen-bond donors (Lipinski definition) is 1. The molecule has 2 fully saturated rings. The fourth-order valence-electron chi connectivity index (χ4n) is 5.61.